The molecule has 0 N–H and O–H groups in total. The summed E-state index contributed by atoms with van der Waals surface area (Å²) < 4.78 is 1.87. The summed E-state index contributed by atoms with van der Waals surface area (Å²) in [6.45, 7) is 3.45. The second-order valence-electron chi connectivity index (χ2n) is 7.27. The van der Waals surface area contributed by atoms with Gasteiger partial charge in [-0.15, -0.1) is 5.10 Å². The summed E-state index contributed by atoms with van der Waals surface area (Å²) in [6, 6.07) is 22.2. The monoisotopic (exact) mass is 368 g/mol. The average molecular weight is 368 g/mol. The van der Waals surface area contributed by atoms with Crippen LogP contribution >= 0.6 is 0 Å². The largest absolute Gasteiger partial charge is 0.308 e. The molecule has 0 fully saturated rings. The first-order chi connectivity index (χ1) is 13.7. The lowest BCUT2D eigenvalue weighted by Gasteiger charge is -2.17. The molecule has 2 heterocycles. The molecule has 0 saturated heterocycles. The van der Waals surface area contributed by atoms with Gasteiger partial charge in [-0.2, -0.15) is 0 Å². The zero-order valence-corrected chi connectivity index (χ0v) is 15.7. The van der Waals surface area contributed by atoms with Crippen molar-refractivity contribution in [2.75, 3.05) is 11.4 Å². The number of carbonyl (C=O) groups excluding carboxylic acids is 1. The highest BCUT2D eigenvalue weighted by Gasteiger charge is 2.25. The summed E-state index contributed by atoms with van der Waals surface area (Å²) in [6.07, 6.45) is 0.900. The molecule has 3 aromatic carbocycles. The second kappa shape index (κ2) is 6.60. The van der Waals surface area contributed by atoms with Crippen LogP contribution in [0.2, 0.25) is 0 Å². The van der Waals surface area contributed by atoms with Gasteiger partial charge in [0.05, 0.1) is 12.1 Å². The average Bonchev–Trinajstić information content (AvgIpc) is 3.33. The van der Waals surface area contributed by atoms with Gasteiger partial charge in [-0.25, -0.2) is 4.68 Å². The molecule has 5 rings (SSSR count). The molecule has 0 spiro atoms. The van der Waals surface area contributed by atoms with E-state index in [9.17, 15) is 4.79 Å². The Balaban J connectivity index is 1.43. The highest BCUT2D eigenvalue weighted by atomic mass is 16.2. The maximum Gasteiger partial charge on any atom is 0.258 e. The van der Waals surface area contributed by atoms with Gasteiger partial charge < -0.3 is 4.90 Å². The normalized spacial score (nSPS) is 13.1. The van der Waals surface area contributed by atoms with Gasteiger partial charge in [0.1, 0.15) is 5.52 Å². The molecule has 0 unspecified atom stereocenters. The molecule has 0 radical (unpaired) electrons. The molecule has 1 aliphatic rings. The fraction of sp³-hybridized carbons (Fsp3) is 0.174. The van der Waals surface area contributed by atoms with Gasteiger partial charge in [0, 0.05) is 17.8 Å². The Kier molecular flexibility index (Phi) is 3.93. The van der Waals surface area contributed by atoms with E-state index >= 15 is 0 Å². The standard InChI is InChI=1S/C23H20N4O/c1-16-6-8-17(9-7-16)15-27-22-11-10-19(14-20(22)24-25-27)23(28)26-13-12-18-4-2-3-5-21(18)26/h2-11,14H,12-13,15H2,1H3. The van der Waals surface area contributed by atoms with E-state index in [0.717, 1.165) is 29.7 Å². The van der Waals surface area contributed by atoms with Gasteiger partial charge in [0.15, 0.2) is 0 Å². The molecule has 0 bridgehead atoms. The Hall–Kier alpha value is -3.47. The van der Waals surface area contributed by atoms with E-state index in [-0.39, 0.29) is 5.91 Å². The van der Waals surface area contributed by atoms with E-state index in [1.807, 2.05) is 46.0 Å². The quantitative estimate of drug-likeness (QED) is 0.549. The molecule has 4 aromatic rings. The van der Waals surface area contributed by atoms with E-state index in [0.29, 0.717) is 12.1 Å². The zero-order valence-electron chi connectivity index (χ0n) is 15.7. The first kappa shape index (κ1) is 16.7. The Morgan fingerprint density at radius 1 is 1.04 bits per heavy atom. The number of aryl methyl sites for hydroxylation is 1. The summed E-state index contributed by atoms with van der Waals surface area (Å²) in [7, 11) is 0. The van der Waals surface area contributed by atoms with E-state index in [1.165, 1.54) is 16.7 Å². The van der Waals surface area contributed by atoms with Crippen molar-refractivity contribution >= 4 is 22.6 Å². The van der Waals surface area contributed by atoms with Crippen LogP contribution in [0.25, 0.3) is 11.0 Å². The molecule has 5 heteroatoms. The van der Waals surface area contributed by atoms with Crippen molar-refractivity contribution in [1.29, 1.82) is 0 Å². The molecule has 1 aromatic heterocycles. The molecular weight excluding hydrogens is 348 g/mol. The number of rotatable bonds is 3. The van der Waals surface area contributed by atoms with Gasteiger partial charge in [0.2, 0.25) is 0 Å². The number of nitrogens with zero attached hydrogens (tertiary/aromatic N) is 4. The molecular formula is C23H20N4O. The summed E-state index contributed by atoms with van der Waals surface area (Å²) in [4.78, 5) is 14.9. The van der Waals surface area contributed by atoms with Gasteiger partial charge in [-0.3, -0.25) is 4.79 Å². The number of hydrogen-bond acceptors (Lipinski definition) is 3. The molecule has 0 saturated carbocycles. The fourth-order valence-corrected chi connectivity index (χ4v) is 3.79. The molecule has 0 aliphatic carbocycles. The number of para-hydroxylation sites is 1. The van der Waals surface area contributed by atoms with Gasteiger partial charge >= 0.3 is 0 Å². The minimum atomic E-state index is 0.0138. The predicted octanol–water partition coefficient (Wildman–Crippen LogP) is 3.99. The van der Waals surface area contributed by atoms with Crippen LogP contribution in [0.1, 0.15) is 27.0 Å². The molecule has 5 nitrogen and oxygen atoms in total. The topological polar surface area (TPSA) is 51.0 Å². The van der Waals surface area contributed by atoms with Crippen molar-refractivity contribution in [3.05, 3.63) is 89.0 Å². The van der Waals surface area contributed by atoms with Crippen LogP contribution in [0.5, 0.6) is 0 Å². The number of benzene rings is 3. The van der Waals surface area contributed by atoms with Crippen LogP contribution in [0, 0.1) is 6.92 Å². The lowest BCUT2D eigenvalue weighted by molar-refractivity contribution is 0.0989. The van der Waals surface area contributed by atoms with Crippen LogP contribution in [0.4, 0.5) is 5.69 Å². The maximum absolute atomic E-state index is 13.1. The third kappa shape index (κ3) is 2.85. The fourth-order valence-electron chi connectivity index (χ4n) is 3.79. The third-order valence-corrected chi connectivity index (χ3v) is 5.35. The lowest BCUT2D eigenvalue weighted by atomic mass is 10.1. The number of hydrogen-bond donors (Lipinski definition) is 0. The third-order valence-electron chi connectivity index (χ3n) is 5.35. The van der Waals surface area contributed by atoms with Crippen molar-refractivity contribution in [3.8, 4) is 0 Å². The lowest BCUT2D eigenvalue weighted by Crippen LogP contribution is -2.28. The molecule has 0 atom stereocenters. The van der Waals surface area contributed by atoms with Crippen molar-refractivity contribution in [2.24, 2.45) is 0 Å². The Morgan fingerprint density at radius 3 is 2.71 bits per heavy atom. The first-order valence-electron chi connectivity index (χ1n) is 9.47. The second-order valence-corrected chi connectivity index (χ2v) is 7.27. The predicted molar refractivity (Wildman–Crippen MR) is 110 cm³/mol. The van der Waals surface area contributed by atoms with Crippen molar-refractivity contribution in [3.63, 3.8) is 0 Å². The minimum absolute atomic E-state index is 0.0138. The van der Waals surface area contributed by atoms with Crippen LogP contribution in [-0.2, 0) is 13.0 Å². The number of anilines is 1. The smallest absolute Gasteiger partial charge is 0.258 e. The summed E-state index contributed by atoms with van der Waals surface area (Å²) in [5.74, 6) is 0.0138. The molecule has 1 aliphatic heterocycles. The molecule has 28 heavy (non-hydrogen) atoms. The maximum atomic E-state index is 13.1. The first-order valence-corrected chi connectivity index (χ1v) is 9.47. The highest BCUT2D eigenvalue weighted by Crippen LogP contribution is 2.29. The summed E-state index contributed by atoms with van der Waals surface area (Å²) >= 11 is 0. The van der Waals surface area contributed by atoms with Crippen molar-refractivity contribution < 1.29 is 4.79 Å². The summed E-state index contributed by atoms with van der Waals surface area (Å²) in [5, 5.41) is 8.58. The molecule has 1 amide bonds. The van der Waals surface area contributed by atoms with Crippen LogP contribution in [0.15, 0.2) is 66.7 Å². The van der Waals surface area contributed by atoms with E-state index < -0.39 is 0 Å². The van der Waals surface area contributed by atoms with Gasteiger partial charge in [0.25, 0.3) is 5.91 Å². The van der Waals surface area contributed by atoms with Crippen molar-refractivity contribution in [1.82, 2.24) is 15.0 Å². The molecule has 138 valence electrons. The Bertz CT molecular complexity index is 1180. The number of carbonyl (C=O) groups is 1. The zero-order chi connectivity index (χ0) is 19.1. The number of aromatic nitrogens is 3. The SMILES string of the molecule is Cc1ccc(Cn2nnc3cc(C(=O)N4CCc5ccccc54)ccc32)cc1. The number of fused-ring (bicyclic) bond motifs is 2. The minimum Gasteiger partial charge on any atom is -0.308 e. The van der Waals surface area contributed by atoms with E-state index in [2.05, 4.69) is 47.6 Å². The highest BCUT2D eigenvalue weighted by molar-refractivity contribution is 6.08. The summed E-state index contributed by atoms with van der Waals surface area (Å²) in [5.41, 5.74) is 6.96. The van der Waals surface area contributed by atoms with Crippen LogP contribution in [-0.4, -0.2) is 27.4 Å². The Labute approximate surface area is 163 Å². The Morgan fingerprint density at radius 2 is 1.86 bits per heavy atom. The van der Waals surface area contributed by atoms with Crippen LogP contribution in [0.3, 0.4) is 0 Å². The van der Waals surface area contributed by atoms with Gasteiger partial charge in [-0.05, 0) is 48.7 Å². The number of amides is 1. The van der Waals surface area contributed by atoms with Crippen LogP contribution < -0.4 is 4.90 Å². The van der Waals surface area contributed by atoms with E-state index in [4.69, 9.17) is 0 Å². The van der Waals surface area contributed by atoms with Gasteiger partial charge in [-0.1, -0.05) is 53.2 Å². The van der Waals surface area contributed by atoms with E-state index in [1.54, 1.807) is 0 Å². The van der Waals surface area contributed by atoms with Crippen molar-refractivity contribution in [2.45, 2.75) is 19.9 Å².